The molecule has 7 heteroatoms. The Hall–Kier alpha value is -3.48. The molecule has 0 spiro atoms. The van der Waals surface area contributed by atoms with E-state index in [0.29, 0.717) is 22.8 Å². The SMILES string of the molecule is COc1cc(-c2cc(F)c(COc3cccc([C@@H](C4CC4)C(C)C(=O)O)c3)cc2[C@H]2CCCC2(C)C)c(F)cn1. The smallest absolute Gasteiger partial charge is 0.306 e. The Labute approximate surface area is 234 Å². The second-order valence-corrected chi connectivity index (χ2v) is 12.0. The maximum atomic E-state index is 15.6. The van der Waals surface area contributed by atoms with Crippen molar-refractivity contribution in [3.05, 3.63) is 77.0 Å². The van der Waals surface area contributed by atoms with Crippen molar-refractivity contribution < 1.29 is 28.2 Å². The van der Waals surface area contributed by atoms with Gasteiger partial charge in [-0.3, -0.25) is 4.79 Å². The van der Waals surface area contributed by atoms with Gasteiger partial charge in [-0.1, -0.05) is 39.3 Å². The van der Waals surface area contributed by atoms with Crippen molar-refractivity contribution in [1.29, 1.82) is 0 Å². The lowest BCUT2D eigenvalue weighted by Crippen LogP contribution is -2.20. The van der Waals surface area contributed by atoms with E-state index in [9.17, 15) is 9.90 Å². The first-order valence-corrected chi connectivity index (χ1v) is 14.1. The number of pyridine rings is 1. The van der Waals surface area contributed by atoms with Crippen molar-refractivity contribution in [3.8, 4) is 22.8 Å². The summed E-state index contributed by atoms with van der Waals surface area (Å²) in [5, 5.41) is 9.64. The van der Waals surface area contributed by atoms with Crippen LogP contribution in [-0.2, 0) is 11.4 Å². The summed E-state index contributed by atoms with van der Waals surface area (Å²) in [6.45, 7) is 6.16. The monoisotopic (exact) mass is 549 g/mol. The number of nitrogens with zero attached hydrogens (tertiary/aromatic N) is 1. The van der Waals surface area contributed by atoms with Gasteiger partial charge >= 0.3 is 5.97 Å². The molecule has 40 heavy (non-hydrogen) atoms. The van der Waals surface area contributed by atoms with E-state index in [1.54, 1.807) is 6.92 Å². The van der Waals surface area contributed by atoms with Crippen LogP contribution in [0.15, 0.2) is 48.7 Å². The Morgan fingerprint density at radius 2 is 1.88 bits per heavy atom. The number of halogens is 2. The van der Waals surface area contributed by atoms with Crippen molar-refractivity contribution in [2.75, 3.05) is 7.11 Å². The average Bonchev–Trinajstić information content (AvgIpc) is 3.69. The van der Waals surface area contributed by atoms with Gasteiger partial charge in [0.1, 0.15) is 24.0 Å². The van der Waals surface area contributed by atoms with Crippen LogP contribution < -0.4 is 9.47 Å². The number of aliphatic carboxylic acids is 1. The van der Waals surface area contributed by atoms with Crippen LogP contribution in [0.1, 0.15) is 81.4 Å². The summed E-state index contributed by atoms with van der Waals surface area (Å²) in [7, 11) is 1.47. The molecule has 3 atom stereocenters. The molecule has 2 aliphatic carbocycles. The quantitative estimate of drug-likeness (QED) is 0.277. The van der Waals surface area contributed by atoms with Crippen LogP contribution in [0.5, 0.6) is 11.6 Å². The summed E-state index contributed by atoms with van der Waals surface area (Å²) in [6.07, 6.45) is 6.17. The minimum atomic E-state index is -0.809. The van der Waals surface area contributed by atoms with E-state index in [2.05, 4.69) is 18.8 Å². The second-order valence-electron chi connectivity index (χ2n) is 12.0. The first-order valence-electron chi connectivity index (χ1n) is 14.1. The number of hydrogen-bond acceptors (Lipinski definition) is 4. The molecule has 1 N–H and O–H groups in total. The molecule has 5 rings (SSSR count). The van der Waals surface area contributed by atoms with Crippen molar-refractivity contribution >= 4 is 5.97 Å². The highest BCUT2D eigenvalue weighted by atomic mass is 19.1. The van der Waals surface area contributed by atoms with Gasteiger partial charge < -0.3 is 14.6 Å². The lowest BCUT2D eigenvalue weighted by Gasteiger charge is -2.30. The van der Waals surface area contributed by atoms with Crippen LogP contribution in [0.3, 0.4) is 0 Å². The van der Waals surface area contributed by atoms with Crippen LogP contribution in [-0.4, -0.2) is 23.2 Å². The molecule has 2 aliphatic rings. The van der Waals surface area contributed by atoms with Crippen LogP contribution in [0.4, 0.5) is 8.78 Å². The fraction of sp³-hybridized carbons (Fsp3) is 0.455. The number of aromatic nitrogens is 1. The van der Waals surface area contributed by atoms with Crippen LogP contribution >= 0.6 is 0 Å². The maximum Gasteiger partial charge on any atom is 0.306 e. The van der Waals surface area contributed by atoms with Crippen LogP contribution in [0.25, 0.3) is 11.1 Å². The molecule has 0 radical (unpaired) electrons. The molecule has 2 aromatic carbocycles. The fourth-order valence-electron chi connectivity index (χ4n) is 6.46. The number of carboxylic acids is 1. The first-order chi connectivity index (χ1) is 19.1. The predicted molar refractivity (Wildman–Crippen MR) is 150 cm³/mol. The van der Waals surface area contributed by atoms with Crippen molar-refractivity contribution in [1.82, 2.24) is 4.98 Å². The standard InChI is InChI=1S/C33H37F2NO4/c1-19(32(37)38)31(20-10-11-20)21-7-5-8-23(13-21)40-18-22-14-25(27-9-6-12-33(27,2)3)24(15-28(22)34)26-16-30(39-4)36-17-29(26)35/h5,7-8,13-17,19-20,27,31H,6,9-12,18H2,1-4H3,(H,37,38)/t19?,27-,31-/m1/s1. The molecule has 2 saturated carbocycles. The van der Waals surface area contributed by atoms with E-state index >= 15 is 8.78 Å². The lowest BCUT2D eigenvalue weighted by atomic mass is 9.75. The highest BCUT2D eigenvalue weighted by molar-refractivity contribution is 5.71. The second kappa shape index (κ2) is 11.2. The lowest BCUT2D eigenvalue weighted by molar-refractivity contribution is -0.142. The minimum Gasteiger partial charge on any atom is -0.489 e. The third-order valence-electron chi connectivity index (χ3n) is 8.88. The van der Waals surface area contributed by atoms with Gasteiger partial charge in [-0.25, -0.2) is 13.8 Å². The van der Waals surface area contributed by atoms with Crippen molar-refractivity contribution in [2.24, 2.45) is 17.3 Å². The highest BCUT2D eigenvalue weighted by Gasteiger charge is 2.39. The number of hydrogen-bond donors (Lipinski definition) is 1. The van der Waals surface area contributed by atoms with Gasteiger partial charge in [0.15, 0.2) is 0 Å². The molecule has 0 bridgehead atoms. The number of carboxylic acid groups (broad SMARTS) is 1. The maximum absolute atomic E-state index is 15.6. The Bertz CT molecular complexity index is 1400. The van der Waals surface area contributed by atoms with E-state index in [-0.39, 0.29) is 35.3 Å². The largest absolute Gasteiger partial charge is 0.489 e. The van der Waals surface area contributed by atoms with E-state index in [1.807, 2.05) is 30.3 Å². The molecule has 0 saturated heterocycles. The third-order valence-corrected chi connectivity index (χ3v) is 8.88. The number of rotatable bonds is 10. The van der Waals surface area contributed by atoms with Gasteiger partial charge in [-0.15, -0.1) is 0 Å². The van der Waals surface area contributed by atoms with E-state index in [4.69, 9.17) is 9.47 Å². The van der Waals surface area contributed by atoms with E-state index < -0.39 is 23.5 Å². The summed E-state index contributed by atoms with van der Waals surface area (Å²) in [6, 6.07) is 12.3. The van der Waals surface area contributed by atoms with Gasteiger partial charge in [0.2, 0.25) is 5.88 Å². The summed E-state index contributed by atoms with van der Waals surface area (Å²) in [4.78, 5) is 15.7. The Kier molecular flexibility index (Phi) is 7.85. The van der Waals surface area contributed by atoms with Crippen LogP contribution in [0.2, 0.25) is 0 Å². The molecule has 1 heterocycles. The Morgan fingerprint density at radius 3 is 2.52 bits per heavy atom. The number of ether oxygens (including phenoxy) is 2. The summed E-state index contributed by atoms with van der Waals surface area (Å²) >= 11 is 0. The summed E-state index contributed by atoms with van der Waals surface area (Å²) < 4.78 is 42.0. The summed E-state index contributed by atoms with van der Waals surface area (Å²) in [5.41, 5.74) is 2.98. The molecule has 1 aromatic heterocycles. The molecule has 212 valence electrons. The van der Waals surface area contributed by atoms with E-state index in [1.165, 1.54) is 19.2 Å². The predicted octanol–water partition coefficient (Wildman–Crippen LogP) is 8.12. The molecule has 5 nitrogen and oxygen atoms in total. The first kappa shape index (κ1) is 28.1. The van der Waals surface area contributed by atoms with Gasteiger partial charge in [0, 0.05) is 17.2 Å². The Morgan fingerprint density at radius 1 is 1.10 bits per heavy atom. The third kappa shape index (κ3) is 5.70. The number of benzene rings is 2. The van der Waals surface area contributed by atoms with E-state index in [0.717, 1.165) is 49.4 Å². The fourth-order valence-corrected chi connectivity index (χ4v) is 6.46. The average molecular weight is 550 g/mol. The zero-order chi connectivity index (χ0) is 28.6. The zero-order valence-electron chi connectivity index (χ0n) is 23.5. The number of carbonyl (C=O) groups is 1. The molecule has 0 aliphatic heterocycles. The number of methoxy groups -OCH3 is 1. The molecular formula is C33H37F2NO4. The van der Waals surface area contributed by atoms with Crippen LogP contribution in [0, 0.1) is 28.9 Å². The minimum absolute atomic E-state index is 0.000440. The zero-order valence-corrected chi connectivity index (χ0v) is 23.5. The van der Waals surface area contributed by atoms with Gasteiger partial charge in [0.25, 0.3) is 0 Å². The topological polar surface area (TPSA) is 68.7 Å². The van der Waals surface area contributed by atoms with Gasteiger partial charge in [0.05, 0.1) is 19.2 Å². The molecule has 1 unspecified atom stereocenters. The molecule has 0 amide bonds. The van der Waals surface area contributed by atoms with Crippen molar-refractivity contribution in [3.63, 3.8) is 0 Å². The van der Waals surface area contributed by atoms with Crippen molar-refractivity contribution in [2.45, 2.75) is 71.3 Å². The molecule has 3 aromatic rings. The Balaban J connectivity index is 1.48. The van der Waals surface area contributed by atoms with Gasteiger partial charge in [-0.2, -0.15) is 0 Å². The van der Waals surface area contributed by atoms with Gasteiger partial charge in [-0.05, 0) is 89.8 Å². The summed E-state index contributed by atoms with van der Waals surface area (Å²) in [5.74, 6) is -1.08. The molecule has 2 fully saturated rings. The normalized spacial score (nSPS) is 19.7. The molecular weight excluding hydrogens is 512 g/mol. The highest BCUT2D eigenvalue weighted by Crippen LogP contribution is 2.52.